The lowest BCUT2D eigenvalue weighted by Gasteiger charge is -2.09. The Kier molecular flexibility index (Phi) is 3.02. The number of aromatic amines is 1. The molecule has 0 saturated heterocycles. The van der Waals surface area contributed by atoms with Crippen LogP contribution in [0.5, 0.6) is 0 Å². The molecule has 4 N–H and O–H groups in total. The fourth-order valence-corrected chi connectivity index (χ4v) is 2.07. The number of nitrogens with one attached hydrogen (secondary N) is 2. The van der Waals surface area contributed by atoms with Gasteiger partial charge in [0.2, 0.25) is 0 Å². The zero-order chi connectivity index (χ0) is 13.1. The molecular formula is C14H15N5. The number of imidazole rings is 1. The van der Waals surface area contributed by atoms with E-state index in [4.69, 9.17) is 5.73 Å². The van der Waals surface area contributed by atoms with Crippen LogP contribution in [0.2, 0.25) is 0 Å². The zero-order valence-electron chi connectivity index (χ0n) is 10.4. The molecule has 0 radical (unpaired) electrons. The first kappa shape index (κ1) is 11.5. The molecule has 0 aliphatic rings. The van der Waals surface area contributed by atoms with Gasteiger partial charge >= 0.3 is 0 Å². The summed E-state index contributed by atoms with van der Waals surface area (Å²) in [6, 6.07) is 7.74. The van der Waals surface area contributed by atoms with Gasteiger partial charge in [-0.25, -0.2) is 4.98 Å². The molecule has 2 heterocycles. The van der Waals surface area contributed by atoms with Crippen LogP contribution in [0, 0.1) is 0 Å². The predicted molar refractivity (Wildman–Crippen MR) is 76.9 cm³/mol. The molecule has 0 spiro atoms. The molecule has 0 aliphatic carbocycles. The molecule has 96 valence electrons. The maximum absolute atomic E-state index is 5.77. The van der Waals surface area contributed by atoms with Crippen molar-refractivity contribution < 1.29 is 0 Å². The third-order valence-electron chi connectivity index (χ3n) is 3.00. The number of fused-ring (bicyclic) bond motifs is 1. The van der Waals surface area contributed by atoms with E-state index in [-0.39, 0.29) is 0 Å². The van der Waals surface area contributed by atoms with Crippen molar-refractivity contribution >= 4 is 22.3 Å². The molecule has 1 aromatic carbocycles. The van der Waals surface area contributed by atoms with Gasteiger partial charge in [-0.15, -0.1) is 0 Å². The van der Waals surface area contributed by atoms with Crippen LogP contribution < -0.4 is 11.1 Å². The van der Waals surface area contributed by atoms with Crippen LogP contribution in [-0.4, -0.2) is 21.5 Å². The summed E-state index contributed by atoms with van der Waals surface area (Å²) in [7, 11) is 0. The van der Waals surface area contributed by atoms with Crippen LogP contribution in [0.25, 0.3) is 10.9 Å². The fraction of sp³-hybridized carbons (Fsp3) is 0.143. The predicted octanol–water partition coefficient (Wildman–Crippen LogP) is 2.19. The molecule has 3 rings (SSSR count). The second-order valence-corrected chi connectivity index (χ2v) is 4.35. The van der Waals surface area contributed by atoms with Crippen molar-refractivity contribution in [2.24, 2.45) is 0 Å². The van der Waals surface area contributed by atoms with Gasteiger partial charge in [-0.2, -0.15) is 0 Å². The van der Waals surface area contributed by atoms with E-state index in [9.17, 15) is 0 Å². The number of nitrogens with two attached hydrogens (primary N) is 1. The lowest BCUT2D eigenvalue weighted by molar-refractivity contribution is 0.928. The van der Waals surface area contributed by atoms with Gasteiger partial charge in [-0.05, 0) is 24.3 Å². The number of H-pyrrole nitrogens is 1. The first-order chi connectivity index (χ1) is 9.33. The highest BCUT2D eigenvalue weighted by atomic mass is 14.9. The number of nitrogen functional groups attached to an aromatic ring is 1. The maximum Gasteiger partial charge on any atom is 0.107 e. The molecule has 3 aromatic rings. The quantitative estimate of drug-likeness (QED) is 0.623. The average Bonchev–Trinajstić information content (AvgIpc) is 2.92. The fourth-order valence-electron chi connectivity index (χ4n) is 2.07. The molecule has 0 saturated carbocycles. The Morgan fingerprint density at radius 2 is 2.11 bits per heavy atom. The van der Waals surface area contributed by atoms with Gasteiger partial charge < -0.3 is 16.0 Å². The minimum atomic E-state index is 0.729. The Hall–Kier alpha value is -2.56. The highest BCUT2D eigenvalue weighted by molar-refractivity contribution is 5.92. The molecule has 0 fully saturated rings. The van der Waals surface area contributed by atoms with E-state index < -0.39 is 0 Å². The van der Waals surface area contributed by atoms with Crippen LogP contribution in [0.15, 0.2) is 42.9 Å². The molecule has 5 heteroatoms. The van der Waals surface area contributed by atoms with E-state index in [1.807, 2.05) is 30.5 Å². The first-order valence-corrected chi connectivity index (χ1v) is 6.19. The Morgan fingerprint density at radius 3 is 2.95 bits per heavy atom. The van der Waals surface area contributed by atoms with Gasteiger partial charge in [-0.3, -0.25) is 4.98 Å². The zero-order valence-corrected chi connectivity index (χ0v) is 10.4. The summed E-state index contributed by atoms with van der Waals surface area (Å²) in [5.74, 6) is 0.982. The first-order valence-electron chi connectivity index (χ1n) is 6.19. The summed E-state index contributed by atoms with van der Waals surface area (Å²) in [5.41, 5.74) is 8.47. The van der Waals surface area contributed by atoms with Gasteiger partial charge in [0.25, 0.3) is 0 Å². The van der Waals surface area contributed by atoms with Crippen LogP contribution in [0.4, 0.5) is 11.4 Å². The van der Waals surface area contributed by atoms with Crippen molar-refractivity contribution in [3.05, 3.63) is 48.7 Å². The molecule has 2 aromatic heterocycles. The summed E-state index contributed by atoms with van der Waals surface area (Å²) in [6.45, 7) is 0.816. The van der Waals surface area contributed by atoms with Gasteiger partial charge in [-0.1, -0.05) is 0 Å². The Bertz CT molecular complexity index is 675. The third-order valence-corrected chi connectivity index (χ3v) is 3.00. The molecule has 0 bridgehead atoms. The van der Waals surface area contributed by atoms with Gasteiger partial charge in [0, 0.05) is 48.3 Å². The summed E-state index contributed by atoms with van der Waals surface area (Å²) in [6.07, 6.45) is 6.24. The number of pyridine rings is 1. The van der Waals surface area contributed by atoms with Gasteiger partial charge in [0.05, 0.1) is 5.52 Å². The summed E-state index contributed by atoms with van der Waals surface area (Å²) < 4.78 is 0. The number of hydrogen-bond acceptors (Lipinski definition) is 4. The Labute approximate surface area is 110 Å². The number of anilines is 2. The number of aromatic nitrogens is 3. The average molecular weight is 253 g/mol. The highest BCUT2D eigenvalue weighted by Crippen LogP contribution is 2.23. The number of rotatable bonds is 4. The molecular weight excluding hydrogens is 238 g/mol. The van der Waals surface area contributed by atoms with Crippen molar-refractivity contribution in [2.75, 3.05) is 17.6 Å². The topological polar surface area (TPSA) is 79.6 Å². The number of benzene rings is 1. The minimum absolute atomic E-state index is 0.729. The molecule has 0 amide bonds. The van der Waals surface area contributed by atoms with Crippen molar-refractivity contribution in [1.82, 2.24) is 15.0 Å². The monoisotopic (exact) mass is 253 g/mol. The van der Waals surface area contributed by atoms with Crippen LogP contribution in [0.3, 0.4) is 0 Å². The lowest BCUT2D eigenvalue weighted by atomic mass is 10.1. The minimum Gasteiger partial charge on any atom is -0.399 e. The second-order valence-electron chi connectivity index (χ2n) is 4.35. The van der Waals surface area contributed by atoms with E-state index in [1.54, 1.807) is 12.4 Å². The number of nitrogens with zero attached hydrogens (tertiary/aromatic N) is 2. The van der Waals surface area contributed by atoms with Gasteiger partial charge in [0.1, 0.15) is 5.82 Å². The van der Waals surface area contributed by atoms with E-state index >= 15 is 0 Å². The van der Waals surface area contributed by atoms with Gasteiger partial charge in [0.15, 0.2) is 0 Å². The van der Waals surface area contributed by atoms with Crippen LogP contribution >= 0.6 is 0 Å². The van der Waals surface area contributed by atoms with Crippen molar-refractivity contribution in [1.29, 1.82) is 0 Å². The molecule has 0 unspecified atom stereocenters. The van der Waals surface area contributed by atoms with Crippen molar-refractivity contribution in [3.63, 3.8) is 0 Å². The maximum atomic E-state index is 5.77. The molecule has 19 heavy (non-hydrogen) atoms. The largest absolute Gasteiger partial charge is 0.399 e. The standard InChI is InChI=1S/C14H15N5/c15-10-1-2-11-12(3-5-17-13(11)9-10)16-6-4-14-18-7-8-19-14/h1-3,5,7-9H,4,6,15H2,(H,16,17)(H,18,19). The van der Waals surface area contributed by atoms with Crippen molar-refractivity contribution in [3.8, 4) is 0 Å². The smallest absolute Gasteiger partial charge is 0.107 e. The molecule has 5 nitrogen and oxygen atoms in total. The van der Waals surface area contributed by atoms with Crippen molar-refractivity contribution in [2.45, 2.75) is 6.42 Å². The molecule has 0 aliphatic heterocycles. The summed E-state index contributed by atoms with van der Waals surface area (Å²) in [5, 5.41) is 4.48. The third kappa shape index (κ3) is 2.49. The van der Waals surface area contributed by atoms with E-state index in [1.165, 1.54) is 0 Å². The van der Waals surface area contributed by atoms with E-state index in [2.05, 4.69) is 20.3 Å². The summed E-state index contributed by atoms with van der Waals surface area (Å²) >= 11 is 0. The Morgan fingerprint density at radius 1 is 1.16 bits per heavy atom. The summed E-state index contributed by atoms with van der Waals surface area (Å²) in [4.78, 5) is 11.6. The number of hydrogen-bond donors (Lipinski definition) is 3. The van der Waals surface area contributed by atoms with Crippen LogP contribution in [-0.2, 0) is 6.42 Å². The van der Waals surface area contributed by atoms with E-state index in [0.717, 1.165) is 41.1 Å². The van der Waals surface area contributed by atoms with Crippen LogP contribution in [0.1, 0.15) is 5.82 Å². The second kappa shape index (κ2) is 4.97. The van der Waals surface area contributed by atoms with E-state index in [0.29, 0.717) is 0 Å². The highest BCUT2D eigenvalue weighted by Gasteiger charge is 2.02. The molecule has 0 atom stereocenters. The SMILES string of the molecule is Nc1ccc2c(NCCc3ncc[nH]3)ccnc2c1. The normalized spacial score (nSPS) is 10.7. The lowest BCUT2D eigenvalue weighted by Crippen LogP contribution is -2.06. The Balaban J connectivity index is 1.77.